The zero-order valence-electron chi connectivity index (χ0n) is 9.14. The van der Waals surface area contributed by atoms with Crippen LogP contribution in [0.25, 0.3) is 0 Å². The quantitative estimate of drug-likeness (QED) is 0.783. The van der Waals surface area contributed by atoms with E-state index < -0.39 is 17.7 Å². The summed E-state index contributed by atoms with van der Waals surface area (Å²) in [4.78, 5) is 11.5. The van der Waals surface area contributed by atoms with Crippen molar-refractivity contribution in [1.82, 2.24) is 0 Å². The Labute approximate surface area is 109 Å². The third kappa shape index (κ3) is 3.01. The Hall–Kier alpha value is -1.55. The van der Waals surface area contributed by atoms with Crippen molar-refractivity contribution in [1.29, 1.82) is 5.26 Å². The number of nitriles is 1. The highest BCUT2D eigenvalue weighted by Crippen LogP contribution is 2.36. The molecule has 96 valence electrons. The van der Waals surface area contributed by atoms with Crippen molar-refractivity contribution >= 4 is 21.9 Å². The fraction of sp³-hybridized carbons (Fsp3) is 0.273. The van der Waals surface area contributed by atoms with Crippen LogP contribution in [0.1, 0.15) is 28.4 Å². The van der Waals surface area contributed by atoms with Gasteiger partial charge in [-0.3, -0.25) is 0 Å². The largest absolute Gasteiger partial charge is 0.462 e. The molecule has 0 amide bonds. The average molecular weight is 322 g/mol. The maximum atomic E-state index is 12.6. The molecular weight excluding hydrogens is 315 g/mol. The van der Waals surface area contributed by atoms with Gasteiger partial charge < -0.3 is 4.74 Å². The molecule has 3 nitrogen and oxygen atoms in total. The van der Waals surface area contributed by atoms with Gasteiger partial charge in [0.1, 0.15) is 6.07 Å². The number of halogens is 4. The third-order valence-electron chi connectivity index (χ3n) is 2.03. The van der Waals surface area contributed by atoms with Gasteiger partial charge in [0.2, 0.25) is 0 Å². The summed E-state index contributed by atoms with van der Waals surface area (Å²) in [6, 6.07) is 3.12. The van der Waals surface area contributed by atoms with E-state index in [4.69, 9.17) is 5.26 Å². The minimum absolute atomic E-state index is 0.0718. The number of carbonyl (C=O) groups excluding carboxylic acids is 1. The Morgan fingerprint density at radius 3 is 2.56 bits per heavy atom. The lowest BCUT2D eigenvalue weighted by molar-refractivity contribution is -0.138. The molecule has 0 fully saturated rings. The molecule has 18 heavy (non-hydrogen) atoms. The SMILES string of the molecule is CCOC(=O)c1cc(Br)c(C(F)(F)F)cc1C#N. The number of benzene rings is 1. The number of nitrogens with zero attached hydrogens (tertiary/aromatic N) is 1. The van der Waals surface area contributed by atoms with Gasteiger partial charge in [-0.05, 0) is 19.1 Å². The lowest BCUT2D eigenvalue weighted by atomic mass is 10.0. The van der Waals surface area contributed by atoms with Crippen molar-refractivity contribution in [2.45, 2.75) is 13.1 Å². The summed E-state index contributed by atoms with van der Waals surface area (Å²) in [7, 11) is 0. The minimum atomic E-state index is -4.60. The second kappa shape index (κ2) is 5.40. The van der Waals surface area contributed by atoms with Crippen LogP contribution in [-0.4, -0.2) is 12.6 Å². The van der Waals surface area contributed by atoms with E-state index in [9.17, 15) is 18.0 Å². The van der Waals surface area contributed by atoms with Crippen LogP contribution < -0.4 is 0 Å². The van der Waals surface area contributed by atoms with Crippen LogP contribution in [-0.2, 0) is 10.9 Å². The van der Waals surface area contributed by atoms with Gasteiger partial charge in [0.05, 0.1) is 23.3 Å². The van der Waals surface area contributed by atoms with Crippen molar-refractivity contribution in [3.63, 3.8) is 0 Å². The Morgan fingerprint density at radius 2 is 2.11 bits per heavy atom. The maximum absolute atomic E-state index is 12.6. The number of esters is 1. The van der Waals surface area contributed by atoms with Crippen LogP contribution in [0.2, 0.25) is 0 Å². The molecule has 0 aliphatic heterocycles. The molecule has 1 rings (SSSR count). The van der Waals surface area contributed by atoms with Crippen LogP contribution in [0.4, 0.5) is 13.2 Å². The van der Waals surface area contributed by atoms with E-state index in [1.807, 2.05) is 0 Å². The van der Waals surface area contributed by atoms with Gasteiger partial charge >= 0.3 is 12.1 Å². The number of carbonyl (C=O) groups is 1. The predicted octanol–water partition coefficient (Wildman–Crippen LogP) is 3.52. The molecule has 0 aromatic heterocycles. The Balaban J connectivity index is 3.38. The van der Waals surface area contributed by atoms with Crippen molar-refractivity contribution in [2.75, 3.05) is 6.61 Å². The molecule has 0 saturated carbocycles. The zero-order chi connectivity index (χ0) is 13.9. The zero-order valence-corrected chi connectivity index (χ0v) is 10.7. The summed E-state index contributed by atoms with van der Waals surface area (Å²) < 4.78 is 42.1. The first-order valence-corrected chi connectivity index (χ1v) is 5.58. The van der Waals surface area contributed by atoms with Crippen LogP contribution in [0.5, 0.6) is 0 Å². The number of hydrogen-bond acceptors (Lipinski definition) is 3. The lowest BCUT2D eigenvalue weighted by Gasteiger charge is -2.11. The van der Waals surface area contributed by atoms with E-state index in [1.54, 1.807) is 13.0 Å². The van der Waals surface area contributed by atoms with Gasteiger partial charge in [0, 0.05) is 4.47 Å². The van der Waals surface area contributed by atoms with E-state index in [-0.39, 0.29) is 22.2 Å². The summed E-state index contributed by atoms with van der Waals surface area (Å²) >= 11 is 2.73. The van der Waals surface area contributed by atoms with Crippen molar-refractivity contribution in [3.8, 4) is 6.07 Å². The summed E-state index contributed by atoms with van der Waals surface area (Å²) in [6.45, 7) is 1.63. The lowest BCUT2D eigenvalue weighted by Crippen LogP contribution is -2.11. The molecule has 7 heteroatoms. The number of alkyl halides is 3. The van der Waals surface area contributed by atoms with Gasteiger partial charge in [0.25, 0.3) is 0 Å². The summed E-state index contributed by atoms with van der Waals surface area (Å²) in [5.41, 5.74) is -1.57. The van der Waals surface area contributed by atoms with E-state index in [2.05, 4.69) is 20.7 Å². The van der Waals surface area contributed by atoms with Crippen LogP contribution in [0, 0.1) is 11.3 Å². The molecule has 0 saturated heterocycles. The highest BCUT2D eigenvalue weighted by atomic mass is 79.9. The first-order chi connectivity index (χ1) is 8.31. The smallest absolute Gasteiger partial charge is 0.417 e. The Morgan fingerprint density at radius 1 is 1.50 bits per heavy atom. The number of ether oxygens (including phenoxy) is 1. The molecule has 0 radical (unpaired) electrons. The summed E-state index contributed by atoms with van der Waals surface area (Å²) in [6.07, 6.45) is -4.60. The molecule has 0 N–H and O–H groups in total. The normalized spacial score (nSPS) is 10.9. The Kier molecular flexibility index (Phi) is 4.35. The fourth-order valence-corrected chi connectivity index (χ4v) is 1.83. The molecule has 1 aromatic carbocycles. The van der Waals surface area contributed by atoms with Gasteiger partial charge in [0.15, 0.2) is 0 Å². The molecule has 0 atom stereocenters. The maximum Gasteiger partial charge on any atom is 0.417 e. The third-order valence-corrected chi connectivity index (χ3v) is 2.68. The van der Waals surface area contributed by atoms with Gasteiger partial charge in [-0.2, -0.15) is 18.4 Å². The minimum Gasteiger partial charge on any atom is -0.462 e. The number of hydrogen-bond donors (Lipinski definition) is 0. The first kappa shape index (κ1) is 14.5. The standard InChI is InChI=1S/C11H7BrF3NO2/c1-2-18-10(17)7-4-9(12)8(11(13,14)15)3-6(7)5-16/h3-4H,2H2,1H3. The van der Waals surface area contributed by atoms with Crippen LogP contribution >= 0.6 is 15.9 Å². The average Bonchev–Trinajstić information content (AvgIpc) is 2.27. The first-order valence-electron chi connectivity index (χ1n) is 4.79. The monoisotopic (exact) mass is 321 g/mol. The fourth-order valence-electron chi connectivity index (χ4n) is 1.26. The molecular formula is C11H7BrF3NO2. The molecule has 0 aliphatic carbocycles. The van der Waals surface area contributed by atoms with E-state index in [1.165, 1.54) is 0 Å². The molecule has 0 aliphatic rings. The molecule has 0 bridgehead atoms. The number of rotatable bonds is 2. The second-order valence-corrected chi connectivity index (χ2v) is 4.06. The van der Waals surface area contributed by atoms with Gasteiger partial charge in [-0.15, -0.1) is 0 Å². The molecule has 1 aromatic rings. The molecule has 0 spiro atoms. The van der Waals surface area contributed by atoms with Crippen molar-refractivity contribution in [2.24, 2.45) is 0 Å². The van der Waals surface area contributed by atoms with Crippen LogP contribution in [0.15, 0.2) is 16.6 Å². The summed E-state index contributed by atoms with van der Waals surface area (Å²) in [5, 5.41) is 8.78. The second-order valence-electron chi connectivity index (χ2n) is 3.21. The Bertz CT molecular complexity index is 520. The van der Waals surface area contributed by atoms with Crippen molar-refractivity contribution in [3.05, 3.63) is 33.3 Å². The highest BCUT2D eigenvalue weighted by Gasteiger charge is 2.34. The van der Waals surface area contributed by atoms with E-state index in [0.29, 0.717) is 6.07 Å². The topological polar surface area (TPSA) is 50.1 Å². The highest BCUT2D eigenvalue weighted by molar-refractivity contribution is 9.10. The predicted molar refractivity (Wildman–Crippen MR) is 59.8 cm³/mol. The molecule has 0 heterocycles. The van der Waals surface area contributed by atoms with Gasteiger partial charge in [-0.25, -0.2) is 4.79 Å². The van der Waals surface area contributed by atoms with Gasteiger partial charge in [-0.1, -0.05) is 15.9 Å². The summed E-state index contributed by atoms with van der Waals surface area (Å²) in [5.74, 6) is -0.830. The van der Waals surface area contributed by atoms with E-state index >= 15 is 0 Å². The van der Waals surface area contributed by atoms with Crippen molar-refractivity contribution < 1.29 is 22.7 Å². The van der Waals surface area contributed by atoms with E-state index in [0.717, 1.165) is 6.07 Å². The van der Waals surface area contributed by atoms with Crippen LogP contribution in [0.3, 0.4) is 0 Å². The molecule has 0 unspecified atom stereocenters.